The predicted octanol–water partition coefficient (Wildman–Crippen LogP) is 2.16. The molecule has 0 saturated heterocycles. The van der Waals surface area contributed by atoms with Gasteiger partial charge >= 0.3 is 0 Å². The fourth-order valence-electron chi connectivity index (χ4n) is 1.89. The molecule has 0 aliphatic carbocycles. The van der Waals surface area contributed by atoms with Crippen LogP contribution in [-0.4, -0.2) is 12.5 Å². The number of halogens is 2. The van der Waals surface area contributed by atoms with Gasteiger partial charge < -0.3 is 10.6 Å². The van der Waals surface area contributed by atoms with Crippen LogP contribution in [0.2, 0.25) is 0 Å². The third-order valence-corrected chi connectivity index (χ3v) is 3.99. The molecular formula is C15H14F2N3OS+. The highest BCUT2D eigenvalue weighted by molar-refractivity contribution is 7.14. The number of rotatable bonds is 5. The minimum absolute atomic E-state index is 0.114. The topological polar surface area (TPSA) is 69.5 Å². The van der Waals surface area contributed by atoms with E-state index in [9.17, 15) is 13.6 Å². The van der Waals surface area contributed by atoms with Gasteiger partial charge in [0.2, 0.25) is 0 Å². The zero-order valence-electron chi connectivity index (χ0n) is 11.8. The number of hydrogen-bond acceptors (Lipinski definition) is 3. The maximum atomic E-state index is 13.2. The van der Waals surface area contributed by atoms with Crippen LogP contribution < -0.4 is 10.6 Å². The summed E-state index contributed by atoms with van der Waals surface area (Å²) >= 11 is 1.28. The molecule has 1 atom stereocenters. The molecule has 1 heterocycles. The maximum absolute atomic E-state index is 13.2. The van der Waals surface area contributed by atoms with Gasteiger partial charge in [-0.25, -0.2) is 8.78 Å². The summed E-state index contributed by atoms with van der Waals surface area (Å²) in [5.41, 5.74) is 1.02. The molecule has 0 fully saturated rings. The Morgan fingerprint density at radius 1 is 1.41 bits per heavy atom. The van der Waals surface area contributed by atoms with Crippen LogP contribution in [0, 0.1) is 23.0 Å². The number of carbonyl (C=O) groups excluding carboxylic acids is 1. The Morgan fingerprint density at radius 3 is 2.86 bits per heavy atom. The first-order valence-corrected chi connectivity index (χ1v) is 7.45. The van der Waals surface area contributed by atoms with Gasteiger partial charge in [-0.3, -0.25) is 4.79 Å². The molecular weight excluding hydrogens is 308 g/mol. The van der Waals surface area contributed by atoms with Crippen LogP contribution in [-0.2, 0) is 4.79 Å². The van der Waals surface area contributed by atoms with Crippen molar-refractivity contribution in [2.45, 2.75) is 13.0 Å². The first-order valence-electron chi connectivity index (χ1n) is 6.57. The summed E-state index contributed by atoms with van der Waals surface area (Å²) in [5.74, 6) is -2.05. The molecule has 0 saturated carbocycles. The van der Waals surface area contributed by atoms with Crippen LogP contribution in [0.5, 0.6) is 0 Å². The van der Waals surface area contributed by atoms with Crippen LogP contribution in [0.1, 0.15) is 24.1 Å². The second-order valence-electron chi connectivity index (χ2n) is 4.73. The zero-order valence-corrected chi connectivity index (χ0v) is 12.6. The van der Waals surface area contributed by atoms with Gasteiger partial charge in [0, 0.05) is 5.56 Å². The lowest BCUT2D eigenvalue weighted by Crippen LogP contribution is -2.86. The Bertz CT molecular complexity index is 724. The van der Waals surface area contributed by atoms with Crippen molar-refractivity contribution in [2.24, 2.45) is 0 Å². The van der Waals surface area contributed by atoms with E-state index in [0.29, 0.717) is 16.1 Å². The van der Waals surface area contributed by atoms with Crippen LogP contribution in [0.25, 0.3) is 0 Å². The van der Waals surface area contributed by atoms with E-state index in [1.54, 1.807) is 23.7 Å². The van der Waals surface area contributed by atoms with Crippen molar-refractivity contribution in [3.8, 4) is 6.07 Å². The fourth-order valence-corrected chi connectivity index (χ4v) is 2.64. The van der Waals surface area contributed by atoms with E-state index in [-0.39, 0.29) is 18.5 Å². The number of benzene rings is 1. The standard InChI is InChI=1S/C15H13F2N3OS/c1-9(10-2-3-12(16)13(17)6-10)19-8-14(21)20-15-11(7-18)4-5-22-15/h2-6,9,19H,8H2,1H3,(H,20,21)/p+1/t9-/m0/s1. The summed E-state index contributed by atoms with van der Waals surface area (Å²) in [4.78, 5) is 11.9. The van der Waals surface area contributed by atoms with Crippen LogP contribution in [0.4, 0.5) is 13.8 Å². The average Bonchev–Trinajstić information content (AvgIpc) is 2.94. The Morgan fingerprint density at radius 2 is 2.18 bits per heavy atom. The molecule has 1 aromatic carbocycles. The Balaban J connectivity index is 1.90. The van der Waals surface area contributed by atoms with Crippen molar-refractivity contribution in [3.05, 3.63) is 52.4 Å². The molecule has 0 unspecified atom stereocenters. The smallest absolute Gasteiger partial charge is 0.280 e. The third kappa shape index (κ3) is 3.87. The molecule has 7 heteroatoms. The molecule has 0 aliphatic rings. The Hall–Kier alpha value is -2.30. The number of nitrogens with two attached hydrogens (primary N) is 1. The van der Waals surface area contributed by atoms with E-state index in [2.05, 4.69) is 5.32 Å². The lowest BCUT2D eigenvalue weighted by atomic mass is 10.1. The molecule has 114 valence electrons. The Kier molecular flexibility index (Phi) is 5.20. The maximum Gasteiger partial charge on any atom is 0.280 e. The number of nitriles is 1. The number of nitrogens with one attached hydrogen (secondary N) is 1. The minimum atomic E-state index is -0.903. The van der Waals surface area contributed by atoms with E-state index in [1.807, 2.05) is 6.07 Å². The third-order valence-electron chi connectivity index (χ3n) is 3.16. The van der Waals surface area contributed by atoms with Crippen LogP contribution in [0.15, 0.2) is 29.6 Å². The molecule has 0 bridgehead atoms. The van der Waals surface area contributed by atoms with E-state index >= 15 is 0 Å². The molecule has 3 N–H and O–H groups in total. The van der Waals surface area contributed by atoms with E-state index in [1.165, 1.54) is 17.4 Å². The predicted molar refractivity (Wildman–Crippen MR) is 79.2 cm³/mol. The SMILES string of the molecule is C[C@H]([NH2+]CC(=O)Nc1sccc1C#N)c1ccc(F)c(F)c1. The van der Waals surface area contributed by atoms with Gasteiger partial charge in [-0.05, 0) is 36.6 Å². The molecule has 22 heavy (non-hydrogen) atoms. The second-order valence-corrected chi connectivity index (χ2v) is 5.64. The first kappa shape index (κ1) is 16.1. The van der Waals surface area contributed by atoms with Gasteiger partial charge in [0.15, 0.2) is 18.2 Å². The highest BCUT2D eigenvalue weighted by Gasteiger charge is 2.15. The van der Waals surface area contributed by atoms with Gasteiger partial charge in [-0.2, -0.15) is 5.26 Å². The van der Waals surface area contributed by atoms with Gasteiger partial charge in [0.05, 0.1) is 5.56 Å². The summed E-state index contributed by atoms with van der Waals surface area (Å²) in [6.07, 6.45) is 0. The lowest BCUT2D eigenvalue weighted by molar-refractivity contribution is -0.682. The molecule has 4 nitrogen and oxygen atoms in total. The summed E-state index contributed by atoms with van der Waals surface area (Å²) in [5, 5.41) is 15.5. The highest BCUT2D eigenvalue weighted by atomic mass is 32.1. The van der Waals surface area contributed by atoms with Gasteiger partial charge in [0.1, 0.15) is 17.1 Å². The summed E-state index contributed by atoms with van der Waals surface area (Å²) < 4.78 is 26.1. The molecule has 0 aliphatic heterocycles. The molecule has 1 aromatic heterocycles. The van der Waals surface area contributed by atoms with E-state index in [4.69, 9.17) is 5.26 Å². The van der Waals surface area contributed by atoms with Crippen molar-refractivity contribution in [2.75, 3.05) is 11.9 Å². The number of amides is 1. The lowest BCUT2D eigenvalue weighted by Gasteiger charge is -2.11. The fraction of sp³-hybridized carbons (Fsp3) is 0.200. The largest absolute Gasteiger partial charge is 0.333 e. The molecule has 2 rings (SSSR count). The number of thiophene rings is 1. The molecule has 1 amide bonds. The number of nitrogens with zero attached hydrogens (tertiary/aromatic N) is 1. The molecule has 0 radical (unpaired) electrons. The van der Waals surface area contributed by atoms with Gasteiger partial charge in [-0.1, -0.05) is 0 Å². The summed E-state index contributed by atoms with van der Waals surface area (Å²) in [6, 6.07) is 7.12. The highest BCUT2D eigenvalue weighted by Crippen LogP contribution is 2.21. The number of hydrogen-bond donors (Lipinski definition) is 2. The summed E-state index contributed by atoms with van der Waals surface area (Å²) in [6.45, 7) is 1.91. The quantitative estimate of drug-likeness (QED) is 0.886. The van der Waals surface area contributed by atoms with Crippen molar-refractivity contribution in [1.82, 2.24) is 0 Å². The first-order chi connectivity index (χ1) is 10.5. The molecule has 0 spiro atoms. The average molecular weight is 322 g/mol. The van der Waals surface area contributed by atoms with Crippen LogP contribution >= 0.6 is 11.3 Å². The zero-order chi connectivity index (χ0) is 16.1. The van der Waals surface area contributed by atoms with E-state index in [0.717, 1.165) is 12.1 Å². The summed E-state index contributed by atoms with van der Waals surface area (Å²) in [7, 11) is 0. The Labute approximate surface area is 130 Å². The van der Waals surface area contributed by atoms with Crippen molar-refractivity contribution < 1.29 is 18.9 Å². The van der Waals surface area contributed by atoms with Crippen molar-refractivity contribution >= 4 is 22.2 Å². The normalized spacial score (nSPS) is 11.7. The molecule has 2 aromatic rings. The van der Waals surface area contributed by atoms with Crippen molar-refractivity contribution in [1.29, 1.82) is 5.26 Å². The number of quaternary nitrogens is 1. The minimum Gasteiger partial charge on any atom is -0.333 e. The monoisotopic (exact) mass is 322 g/mol. The number of anilines is 1. The van der Waals surface area contributed by atoms with Gasteiger partial charge in [0.25, 0.3) is 5.91 Å². The van der Waals surface area contributed by atoms with Gasteiger partial charge in [-0.15, -0.1) is 11.3 Å². The number of carbonyl (C=O) groups is 1. The second kappa shape index (κ2) is 7.11. The van der Waals surface area contributed by atoms with Crippen LogP contribution in [0.3, 0.4) is 0 Å². The van der Waals surface area contributed by atoms with E-state index < -0.39 is 11.6 Å². The van der Waals surface area contributed by atoms with Crippen molar-refractivity contribution in [3.63, 3.8) is 0 Å².